The third-order valence-electron chi connectivity index (χ3n) is 4.76. The fraction of sp³-hybridized carbons (Fsp3) is 0.263. The Balaban J connectivity index is 1.49. The maximum Gasteiger partial charge on any atom is 0.238 e. The van der Waals surface area contributed by atoms with E-state index >= 15 is 0 Å². The fourth-order valence-corrected chi connectivity index (χ4v) is 3.61. The van der Waals surface area contributed by atoms with E-state index in [1.807, 2.05) is 24.3 Å². The number of rotatable bonds is 4. The van der Waals surface area contributed by atoms with E-state index < -0.39 is 11.9 Å². The maximum absolute atomic E-state index is 12.6. The summed E-state index contributed by atoms with van der Waals surface area (Å²) in [6.07, 6.45) is 0.490. The van der Waals surface area contributed by atoms with E-state index in [0.717, 1.165) is 11.1 Å². The lowest BCUT2D eigenvalue weighted by Gasteiger charge is -2.34. The second kappa shape index (κ2) is 7.09. The molecule has 2 aromatic rings. The number of halogens is 1. The number of primary amides is 1. The van der Waals surface area contributed by atoms with Crippen LogP contribution in [-0.2, 0) is 22.6 Å². The Morgan fingerprint density at radius 1 is 1.19 bits per heavy atom. The Morgan fingerprint density at radius 3 is 2.63 bits per heavy atom. The lowest BCUT2D eigenvalue weighted by molar-refractivity contribution is -0.125. The van der Waals surface area contributed by atoms with Crippen molar-refractivity contribution in [3.63, 3.8) is 0 Å². The minimum atomic E-state index is -0.530. The van der Waals surface area contributed by atoms with Crippen molar-refractivity contribution in [2.45, 2.75) is 19.0 Å². The van der Waals surface area contributed by atoms with Crippen LogP contribution >= 0.6 is 11.6 Å². The van der Waals surface area contributed by atoms with Gasteiger partial charge in [0, 0.05) is 18.7 Å². The number of amides is 2. The Bertz CT molecular complexity index is 918. The second-order valence-electron chi connectivity index (χ2n) is 6.53. The average molecular weight is 388 g/mol. The summed E-state index contributed by atoms with van der Waals surface area (Å²) in [5, 5.41) is 3.12. The number of ether oxygens (including phenoxy) is 2. The monoisotopic (exact) mass is 387 g/mol. The summed E-state index contributed by atoms with van der Waals surface area (Å²) in [6, 6.07) is 10.5. The van der Waals surface area contributed by atoms with Gasteiger partial charge in [-0.1, -0.05) is 35.9 Å². The number of anilines is 1. The molecule has 140 valence electrons. The van der Waals surface area contributed by atoms with E-state index in [9.17, 15) is 9.59 Å². The topological polar surface area (TPSA) is 93.9 Å². The van der Waals surface area contributed by atoms with Gasteiger partial charge in [0.05, 0.1) is 23.3 Å². The first-order valence-electron chi connectivity index (χ1n) is 8.50. The second-order valence-corrected chi connectivity index (χ2v) is 6.94. The summed E-state index contributed by atoms with van der Waals surface area (Å²) in [5.74, 6) is 0.329. The van der Waals surface area contributed by atoms with Gasteiger partial charge in [0.15, 0.2) is 11.5 Å². The molecule has 2 aliphatic heterocycles. The third-order valence-corrected chi connectivity index (χ3v) is 5.07. The molecule has 2 amide bonds. The molecule has 0 spiro atoms. The first kappa shape index (κ1) is 17.6. The van der Waals surface area contributed by atoms with E-state index in [1.54, 1.807) is 17.0 Å². The molecule has 0 saturated heterocycles. The number of benzene rings is 2. The Morgan fingerprint density at radius 2 is 1.89 bits per heavy atom. The number of hydrogen-bond acceptors (Lipinski definition) is 5. The standard InChI is InChI=1S/C19H18ClN3O4/c20-13-6-16-17(27-10-26-16)7-14(13)22-18(24)9-23-8-12-4-2-1-3-11(12)5-15(23)19(21)25/h1-4,6-7,15H,5,8-10H2,(H2,21,25)(H,22,24)/t15-/m1/s1. The van der Waals surface area contributed by atoms with Crippen molar-refractivity contribution < 1.29 is 19.1 Å². The number of nitrogens with one attached hydrogen (secondary N) is 1. The number of hydrogen-bond donors (Lipinski definition) is 2. The zero-order valence-electron chi connectivity index (χ0n) is 14.4. The Labute approximate surface area is 161 Å². The van der Waals surface area contributed by atoms with Crippen LogP contribution in [0.5, 0.6) is 11.5 Å². The summed E-state index contributed by atoms with van der Waals surface area (Å²) in [4.78, 5) is 26.3. The molecule has 0 aliphatic carbocycles. The van der Waals surface area contributed by atoms with E-state index in [-0.39, 0.29) is 19.2 Å². The number of nitrogens with zero attached hydrogens (tertiary/aromatic N) is 1. The zero-order chi connectivity index (χ0) is 19.0. The molecule has 2 heterocycles. The van der Waals surface area contributed by atoms with Crippen LogP contribution in [0.2, 0.25) is 5.02 Å². The van der Waals surface area contributed by atoms with Crippen molar-refractivity contribution >= 4 is 29.1 Å². The number of carbonyl (C=O) groups is 2. The normalized spacial score (nSPS) is 18.0. The van der Waals surface area contributed by atoms with E-state index in [2.05, 4.69) is 5.32 Å². The van der Waals surface area contributed by atoms with E-state index in [0.29, 0.717) is 35.2 Å². The number of carbonyl (C=O) groups excluding carboxylic acids is 2. The molecule has 0 unspecified atom stereocenters. The molecular weight excluding hydrogens is 370 g/mol. The first-order valence-corrected chi connectivity index (χ1v) is 8.88. The third kappa shape index (κ3) is 3.56. The molecule has 4 rings (SSSR count). The van der Waals surface area contributed by atoms with Gasteiger partial charge in [-0.15, -0.1) is 0 Å². The van der Waals surface area contributed by atoms with E-state index in [4.69, 9.17) is 26.8 Å². The highest BCUT2D eigenvalue weighted by Gasteiger charge is 2.31. The highest BCUT2D eigenvalue weighted by molar-refractivity contribution is 6.34. The quantitative estimate of drug-likeness (QED) is 0.835. The van der Waals surface area contributed by atoms with Gasteiger partial charge in [-0.2, -0.15) is 0 Å². The first-order chi connectivity index (χ1) is 13.0. The zero-order valence-corrected chi connectivity index (χ0v) is 15.2. The molecular formula is C19H18ClN3O4. The van der Waals surface area contributed by atoms with E-state index in [1.165, 1.54) is 0 Å². The highest BCUT2D eigenvalue weighted by atomic mass is 35.5. The van der Waals surface area contributed by atoms with Crippen LogP contribution in [-0.4, -0.2) is 36.1 Å². The van der Waals surface area contributed by atoms with Gasteiger partial charge >= 0.3 is 0 Å². The SMILES string of the molecule is NC(=O)[C@H]1Cc2ccccc2CN1CC(=O)Nc1cc2c(cc1Cl)OCO2. The van der Waals surface area contributed by atoms with Crippen LogP contribution in [0, 0.1) is 0 Å². The van der Waals surface area contributed by atoms with Gasteiger partial charge in [0.25, 0.3) is 0 Å². The molecule has 1 atom stereocenters. The van der Waals surface area contributed by atoms with Crippen LogP contribution in [0.15, 0.2) is 36.4 Å². The van der Waals surface area contributed by atoms with Crippen LogP contribution in [0.1, 0.15) is 11.1 Å². The Kier molecular flexibility index (Phi) is 4.63. The van der Waals surface area contributed by atoms with Gasteiger partial charge in [0.1, 0.15) is 0 Å². The van der Waals surface area contributed by atoms with Crippen molar-refractivity contribution in [2.75, 3.05) is 18.7 Å². The van der Waals surface area contributed by atoms with Crippen LogP contribution < -0.4 is 20.5 Å². The predicted molar refractivity (Wildman–Crippen MR) is 99.7 cm³/mol. The summed E-state index contributed by atoms with van der Waals surface area (Å²) in [7, 11) is 0. The van der Waals surface area contributed by atoms with Gasteiger partial charge in [-0.25, -0.2) is 0 Å². The van der Waals surface area contributed by atoms with Gasteiger partial charge in [-0.3, -0.25) is 14.5 Å². The molecule has 0 fully saturated rings. The summed E-state index contributed by atoms with van der Waals surface area (Å²) in [5.41, 5.74) is 8.16. The van der Waals surface area contributed by atoms with Gasteiger partial charge in [-0.05, 0) is 17.5 Å². The Hall–Kier alpha value is -2.77. The van der Waals surface area contributed by atoms with Crippen molar-refractivity contribution in [3.8, 4) is 11.5 Å². The van der Waals surface area contributed by atoms with Crippen molar-refractivity contribution in [1.82, 2.24) is 4.90 Å². The van der Waals surface area contributed by atoms with Crippen LogP contribution in [0.3, 0.4) is 0 Å². The highest BCUT2D eigenvalue weighted by Crippen LogP contribution is 2.39. The maximum atomic E-state index is 12.6. The van der Waals surface area contributed by atoms with Crippen LogP contribution in [0.4, 0.5) is 5.69 Å². The van der Waals surface area contributed by atoms with Crippen molar-refractivity contribution in [2.24, 2.45) is 5.73 Å². The predicted octanol–water partition coefficient (Wildman–Crippen LogP) is 1.92. The van der Waals surface area contributed by atoms with Crippen molar-refractivity contribution in [1.29, 1.82) is 0 Å². The fourth-order valence-electron chi connectivity index (χ4n) is 3.41. The lowest BCUT2D eigenvalue weighted by Crippen LogP contribution is -2.50. The summed E-state index contributed by atoms with van der Waals surface area (Å²) in [6.45, 7) is 0.620. The van der Waals surface area contributed by atoms with Crippen LogP contribution in [0.25, 0.3) is 0 Å². The van der Waals surface area contributed by atoms with Crippen molar-refractivity contribution in [3.05, 3.63) is 52.5 Å². The summed E-state index contributed by atoms with van der Waals surface area (Å²) < 4.78 is 10.6. The molecule has 2 aromatic carbocycles. The van der Waals surface area contributed by atoms with Gasteiger partial charge in [0.2, 0.25) is 18.6 Å². The molecule has 0 aromatic heterocycles. The number of nitrogens with two attached hydrogens (primary N) is 1. The molecule has 0 saturated carbocycles. The average Bonchev–Trinajstić information content (AvgIpc) is 3.08. The molecule has 27 heavy (non-hydrogen) atoms. The smallest absolute Gasteiger partial charge is 0.238 e. The minimum Gasteiger partial charge on any atom is -0.454 e. The molecule has 3 N–H and O–H groups in total. The number of fused-ring (bicyclic) bond motifs is 2. The lowest BCUT2D eigenvalue weighted by atomic mass is 9.93. The molecule has 0 bridgehead atoms. The summed E-state index contributed by atoms with van der Waals surface area (Å²) >= 11 is 6.20. The van der Waals surface area contributed by atoms with Gasteiger partial charge < -0.3 is 20.5 Å². The molecule has 2 aliphatic rings. The molecule has 7 nitrogen and oxygen atoms in total. The molecule has 0 radical (unpaired) electrons. The minimum absolute atomic E-state index is 0.0205. The molecule has 8 heteroatoms. The largest absolute Gasteiger partial charge is 0.454 e.